The van der Waals surface area contributed by atoms with Crippen molar-refractivity contribution < 1.29 is 4.79 Å². The average molecular weight is 414 g/mol. The van der Waals surface area contributed by atoms with Crippen LogP contribution in [0.25, 0.3) is 0 Å². The molecule has 16 heavy (non-hydrogen) atoms. The first-order valence-electron chi connectivity index (χ1n) is 4.71. The maximum Gasteiger partial charge on any atom is 0.251 e. The van der Waals surface area contributed by atoms with Gasteiger partial charge in [-0.3, -0.25) is 4.79 Å². The number of hydrogen-bond donors (Lipinski definition) is 1. The third kappa shape index (κ3) is 3.86. The number of nitrogens with one attached hydrogen (secondary N) is 1. The molecule has 5 heteroatoms. The smallest absolute Gasteiger partial charge is 0.251 e. The standard InChI is InChI=1S/C11H12Br3NO/c1-11(6-12,7-13)15-10(16)8-2-4-9(14)5-3-8/h2-5H,6-7H2,1H3,(H,15,16). The molecule has 0 fully saturated rings. The molecule has 0 atom stereocenters. The van der Waals surface area contributed by atoms with E-state index in [1.54, 1.807) is 12.1 Å². The van der Waals surface area contributed by atoms with Crippen LogP contribution in [-0.4, -0.2) is 22.1 Å². The van der Waals surface area contributed by atoms with Gasteiger partial charge in [-0.1, -0.05) is 47.8 Å². The summed E-state index contributed by atoms with van der Waals surface area (Å²) in [4.78, 5) is 11.9. The van der Waals surface area contributed by atoms with Crippen LogP contribution in [0.4, 0.5) is 0 Å². The second-order valence-corrected chi connectivity index (χ2v) is 5.83. The van der Waals surface area contributed by atoms with E-state index < -0.39 is 0 Å². The van der Waals surface area contributed by atoms with Gasteiger partial charge in [-0.25, -0.2) is 0 Å². The van der Waals surface area contributed by atoms with Gasteiger partial charge < -0.3 is 5.32 Å². The Balaban J connectivity index is 2.76. The van der Waals surface area contributed by atoms with Gasteiger partial charge in [-0.05, 0) is 31.2 Å². The van der Waals surface area contributed by atoms with Gasteiger partial charge >= 0.3 is 0 Å². The Morgan fingerprint density at radius 1 is 1.25 bits per heavy atom. The lowest BCUT2D eigenvalue weighted by atomic mass is 10.1. The number of carbonyl (C=O) groups is 1. The number of amides is 1. The Kier molecular flexibility index (Phi) is 5.47. The molecule has 2 nitrogen and oxygen atoms in total. The first-order chi connectivity index (χ1) is 7.50. The second-order valence-electron chi connectivity index (χ2n) is 3.79. The van der Waals surface area contributed by atoms with E-state index in [-0.39, 0.29) is 11.4 Å². The molecular weight excluding hydrogens is 402 g/mol. The largest absolute Gasteiger partial charge is 0.345 e. The van der Waals surface area contributed by atoms with Crippen LogP contribution < -0.4 is 5.32 Å². The van der Waals surface area contributed by atoms with E-state index in [4.69, 9.17) is 0 Å². The number of benzene rings is 1. The lowest BCUT2D eigenvalue weighted by molar-refractivity contribution is 0.0923. The maximum atomic E-state index is 11.9. The van der Waals surface area contributed by atoms with Crippen molar-refractivity contribution in [3.63, 3.8) is 0 Å². The molecule has 0 spiro atoms. The van der Waals surface area contributed by atoms with Crippen molar-refractivity contribution in [2.24, 2.45) is 0 Å². The molecule has 1 amide bonds. The van der Waals surface area contributed by atoms with E-state index in [1.165, 1.54) is 0 Å². The molecule has 0 radical (unpaired) electrons. The topological polar surface area (TPSA) is 29.1 Å². The third-order valence-corrected chi connectivity index (χ3v) is 5.12. The van der Waals surface area contributed by atoms with Gasteiger partial charge in [0, 0.05) is 20.7 Å². The summed E-state index contributed by atoms with van der Waals surface area (Å²) >= 11 is 10.1. The fraction of sp³-hybridized carbons (Fsp3) is 0.364. The van der Waals surface area contributed by atoms with Crippen molar-refractivity contribution in [2.75, 3.05) is 10.7 Å². The van der Waals surface area contributed by atoms with Gasteiger partial charge in [-0.2, -0.15) is 0 Å². The monoisotopic (exact) mass is 411 g/mol. The fourth-order valence-electron chi connectivity index (χ4n) is 1.05. The lowest BCUT2D eigenvalue weighted by Crippen LogP contribution is -2.48. The zero-order valence-electron chi connectivity index (χ0n) is 8.77. The minimum Gasteiger partial charge on any atom is -0.345 e. The SMILES string of the molecule is CC(CBr)(CBr)NC(=O)c1ccc(Br)cc1. The minimum atomic E-state index is -0.274. The Morgan fingerprint density at radius 3 is 2.19 bits per heavy atom. The summed E-state index contributed by atoms with van der Waals surface area (Å²) in [6, 6.07) is 7.30. The van der Waals surface area contributed by atoms with Gasteiger partial charge in [0.1, 0.15) is 0 Å². The van der Waals surface area contributed by atoms with E-state index in [0.29, 0.717) is 16.2 Å². The van der Waals surface area contributed by atoms with Crippen LogP contribution in [0.1, 0.15) is 17.3 Å². The van der Waals surface area contributed by atoms with Gasteiger partial charge in [0.25, 0.3) is 5.91 Å². The maximum absolute atomic E-state index is 11.9. The predicted octanol–water partition coefficient (Wildman–Crippen LogP) is 3.73. The Hall–Kier alpha value is 0.130. The van der Waals surface area contributed by atoms with Crippen molar-refractivity contribution in [3.8, 4) is 0 Å². The molecule has 1 aromatic rings. The van der Waals surface area contributed by atoms with Crippen molar-refractivity contribution in [1.29, 1.82) is 0 Å². The van der Waals surface area contributed by atoms with Crippen molar-refractivity contribution >= 4 is 53.7 Å². The quantitative estimate of drug-likeness (QED) is 0.749. The molecule has 0 aliphatic carbocycles. The molecule has 0 heterocycles. The zero-order valence-corrected chi connectivity index (χ0v) is 13.5. The predicted molar refractivity (Wildman–Crippen MR) is 77.6 cm³/mol. The number of hydrogen-bond acceptors (Lipinski definition) is 1. The number of halogens is 3. The van der Waals surface area contributed by atoms with Crippen molar-refractivity contribution in [3.05, 3.63) is 34.3 Å². The van der Waals surface area contributed by atoms with Crippen LogP contribution in [-0.2, 0) is 0 Å². The highest BCUT2D eigenvalue weighted by molar-refractivity contribution is 9.10. The molecule has 0 aromatic heterocycles. The summed E-state index contributed by atoms with van der Waals surface area (Å²) < 4.78 is 0.966. The minimum absolute atomic E-state index is 0.0612. The summed E-state index contributed by atoms with van der Waals surface area (Å²) in [5, 5.41) is 4.38. The number of alkyl halides is 2. The lowest BCUT2D eigenvalue weighted by Gasteiger charge is -2.26. The Bertz CT molecular complexity index is 360. The molecule has 0 saturated heterocycles. The van der Waals surface area contributed by atoms with Crippen molar-refractivity contribution in [2.45, 2.75) is 12.5 Å². The molecule has 1 rings (SSSR count). The van der Waals surface area contributed by atoms with Crippen LogP contribution in [0.3, 0.4) is 0 Å². The zero-order chi connectivity index (χ0) is 12.2. The normalized spacial score (nSPS) is 11.2. The van der Waals surface area contributed by atoms with Gasteiger partial charge in [0.2, 0.25) is 0 Å². The van der Waals surface area contributed by atoms with Crippen LogP contribution >= 0.6 is 47.8 Å². The summed E-state index contributed by atoms with van der Waals surface area (Å²) in [6.45, 7) is 1.98. The number of rotatable bonds is 4. The highest BCUT2D eigenvalue weighted by atomic mass is 79.9. The summed E-state index contributed by atoms with van der Waals surface area (Å²) in [6.07, 6.45) is 0. The summed E-state index contributed by atoms with van der Waals surface area (Å²) in [5.74, 6) is -0.0612. The molecular formula is C11H12Br3NO. The molecule has 88 valence electrons. The van der Waals surface area contributed by atoms with Crippen LogP contribution in [0.15, 0.2) is 28.7 Å². The first kappa shape index (κ1) is 14.2. The fourth-order valence-corrected chi connectivity index (χ4v) is 2.52. The Morgan fingerprint density at radius 2 is 1.75 bits per heavy atom. The average Bonchev–Trinajstić information content (AvgIpc) is 2.29. The van der Waals surface area contributed by atoms with E-state index in [9.17, 15) is 4.79 Å². The molecule has 0 saturated carbocycles. The van der Waals surface area contributed by atoms with Crippen molar-refractivity contribution in [1.82, 2.24) is 5.32 Å². The molecule has 1 aromatic carbocycles. The first-order valence-corrected chi connectivity index (χ1v) is 7.74. The molecule has 0 unspecified atom stereocenters. The van der Waals surface area contributed by atoms with E-state index >= 15 is 0 Å². The van der Waals surface area contributed by atoms with E-state index in [2.05, 4.69) is 53.1 Å². The van der Waals surface area contributed by atoms with E-state index in [0.717, 1.165) is 4.47 Å². The van der Waals surface area contributed by atoms with Crippen LogP contribution in [0, 0.1) is 0 Å². The highest BCUT2D eigenvalue weighted by Gasteiger charge is 2.24. The van der Waals surface area contributed by atoms with Crippen LogP contribution in [0.5, 0.6) is 0 Å². The highest BCUT2D eigenvalue weighted by Crippen LogP contribution is 2.14. The van der Waals surface area contributed by atoms with Gasteiger partial charge in [0.05, 0.1) is 5.54 Å². The molecule has 0 aliphatic heterocycles. The number of carbonyl (C=O) groups excluding carboxylic acids is 1. The summed E-state index contributed by atoms with van der Waals surface area (Å²) in [5.41, 5.74) is 0.390. The van der Waals surface area contributed by atoms with Crippen LogP contribution in [0.2, 0.25) is 0 Å². The third-order valence-electron chi connectivity index (χ3n) is 2.11. The molecule has 0 bridgehead atoms. The van der Waals surface area contributed by atoms with Gasteiger partial charge in [-0.15, -0.1) is 0 Å². The Labute approximate surface area is 121 Å². The second kappa shape index (κ2) is 6.17. The molecule has 0 aliphatic rings. The van der Waals surface area contributed by atoms with Gasteiger partial charge in [0.15, 0.2) is 0 Å². The van der Waals surface area contributed by atoms with E-state index in [1.807, 2.05) is 19.1 Å². The molecule has 1 N–H and O–H groups in total. The summed E-state index contributed by atoms with van der Waals surface area (Å²) in [7, 11) is 0.